The van der Waals surface area contributed by atoms with E-state index in [0.717, 1.165) is 0 Å². The molecule has 17 heavy (non-hydrogen) atoms. The molecule has 5 heteroatoms. The highest BCUT2D eigenvalue weighted by Gasteiger charge is 2.23. The first kappa shape index (κ1) is 12.8. The molecule has 1 heterocycles. The van der Waals surface area contributed by atoms with Crippen LogP contribution in [0.1, 0.15) is 5.56 Å². The molecule has 2 N–H and O–H groups in total. The second-order valence-corrected chi connectivity index (χ2v) is 4.44. The second kappa shape index (κ2) is 5.78. The Hall–Kier alpha value is -0.680. The minimum atomic E-state index is -0.419. The molecule has 0 aliphatic carbocycles. The van der Waals surface area contributed by atoms with Gasteiger partial charge in [-0.05, 0) is 18.1 Å². The lowest BCUT2D eigenvalue weighted by Crippen LogP contribution is -2.44. The summed E-state index contributed by atoms with van der Waals surface area (Å²) in [6, 6.07) is 4.49. The third-order valence-corrected chi connectivity index (χ3v) is 3.23. The van der Waals surface area contributed by atoms with E-state index in [1.807, 2.05) is 0 Å². The van der Waals surface area contributed by atoms with Gasteiger partial charge >= 0.3 is 0 Å². The SMILES string of the molecule is NC(Cc1cccc(F)c1Cl)C1COCCO1. The maximum Gasteiger partial charge on any atom is 0.142 e. The van der Waals surface area contributed by atoms with E-state index in [1.54, 1.807) is 12.1 Å². The van der Waals surface area contributed by atoms with Crippen LogP contribution in [-0.4, -0.2) is 32.0 Å². The molecule has 2 rings (SSSR count). The van der Waals surface area contributed by atoms with E-state index in [1.165, 1.54) is 6.07 Å². The summed E-state index contributed by atoms with van der Waals surface area (Å²) >= 11 is 5.87. The fraction of sp³-hybridized carbons (Fsp3) is 0.500. The summed E-state index contributed by atoms with van der Waals surface area (Å²) in [5.41, 5.74) is 6.72. The summed E-state index contributed by atoms with van der Waals surface area (Å²) in [5.74, 6) is -0.419. The summed E-state index contributed by atoms with van der Waals surface area (Å²) in [6.07, 6.45) is 0.327. The van der Waals surface area contributed by atoms with Gasteiger partial charge in [-0.3, -0.25) is 0 Å². The predicted molar refractivity (Wildman–Crippen MR) is 63.6 cm³/mol. The van der Waals surface area contributed by atoms with Crippen molar-refractivity contribution < 1.29 is 13.9 Å². The number of rotatable bonds is 3. The second-order valence-electron chi connectivity index (χ2n) is 4.07. The summed E-state index contributed by atoms with van der Waals surface area (Å²) in [6.45, 7) is 1.63. The van der Waals surface area contributed by atoms with E-state index >= 15 is 0 Å². The lowest BCUT2D eigenvalue weighted by atomic mass is 10.0. The van der Waals surface area contributed by atoms with Crippen molar-refractivity contribution in [3.8, 4) is 0 Å². The number of benzene rings is 1. The van der Waals surface area contributed by atoms with Crippen LogP contribution in [0.15, 0.2) is 18.2 Å². The quantitative estimate of drug-likeness (QED) is 0.900. The van der Waals surface area contributed by atoms with Crippen LogP contribution in [0, 0.1) is 5.82 Å². The Morgan fingerprint density at radius 2 is 2.29 bits per heavy atom. The van der Waals surface area contributed by atoms with Crippen LogP contribution >= 0.6 is 11.6 Å². The Labute approximate surface area is 105 Å². The molecule has 1 aliphatic heterocycles. The fourth-order valence-electron chi connectivity index (χ4n) is 1.84. The molecule has 0 bridgehead atoms. The molecule has 1 fully saturated rings. The molecule has 0 radical (unpaired) electrons. The first-order valence-electron chi connectivity index (χ1n) is 5.56. The van der Waals surface area contributed by atoms with Gasteiger partial charge in [0.2, 0.25) is 0 Å². The zero-order valence-electron chi connectivity index (χ0n) is 9.36. The Kier molecular flexibility index (Phi) is 4.34. The molecule has 1 aromatic rings. The molecule has 0 amide bonds. The molecule has 3 nitrogen and oxygen atoms in total. The topological polar surface area (TPSA) is 44.5 Å². The van der Waals surface area contributed by atoms with Crippen LogP contribution in [0.4, 0.5) is 4.39 Å². The first-order valence-corrected chi connectivity index (χ1v) is 5.94. The molecule has 1 aliphatic rings. The first-order chi connectivity index (χ1) is 8.18. The lowest BCUT2D eigenvalue weighted by molar-refractivity contribution is -0.0967. The zero-order chi connectivity index (χ0) is 12.3. The molecule has 94 valence electrons. The van der Waals surface area contributed by atoms with E-state index in [0.29, 0.717) is 31.8 Å². The van der Waals surface area contributed by atoms with Crippen molar-refractivity contribution in [2.24, 2.45) is 5.73 Å². The van der Waals surface area contributed by atoms with Crippen LogP contribution in [0.25, 0.3) is 0 Å². The largest absolute Gasteiger partial charge is 0.376 e. The molecule has 1 saturated heterocycles. The average molecular weight is 260 g/mol. The van der Waals surface area contributed by atoms with Crippen molar-refractivity contribution in [2.45, 2.75) is 18.6 Å². The van der Waals surface area contributed by atoms with Crippen LogP contribution < -0.4 is 5.73 Å². The smallest absolute Gasteiger partial charge is 0.142 e. The van der Waals surface area contributed by atoms with Crippen molar-refractivity contribution in [3.63, 3.8) is 0 Å². The van der Waals surface area contributed by atoms with Crippen LogP contribution in [-0.2, 0) is 15.9 Å². The fourth-order valence-corrected chi connectivity index (χ4v) is 2.05. The van der Waals surface area contributed by atoms with Crippen LogP contribution in [0.2, 0.25) is 5.02 Å². The van der Waals surface area contributed by atoms with Gasteiger partial charge in [0.15, 0.2) is 0 Å². The van der Waals surface area contributed by atoms with Gasteiger partial charge in [0.05, 0.1) is 30.9 Å². The Balaban J connectivity index is 2.01. The summed E-state index contributed by atoms with van der Waals surface area (Å²) in [4.78, 5) is 0. The van der Waals surface area contributed by atoms with Gasteiger partial charge in [0.25, 0.3) is 0 Å². The monoisotopic (exact) mass is 259 g/mol. The van der Waals surface area contributed by atoms with Crippen molar-refractivity contribution >= 4 is 11.6 Å². The number of hydrogen-bond acceptors (Lipinski definition) is 3. The van der Waals surface area contributed by atoms with Gasteiger partial charge in [-0.2, -0.15) is 0 Å². The number of nitrogens with two attached hydrogens (primary N) is 1. The van der Waals surface area contributed by atoms with Crippen LogP contribution in [0.3, 0.4) is 0 Å². The summed E-state index contributed by atoms with van der Waals surface area (Å²) < 4.78 is 24.0. The van der Waals surface area contributed by atoms with Crippen molar-refractivity contribution in [2.75, 3.05) is 19.8 Å². The molecule has 1 aromatic carbocycles. The summed E-state index contributed by atoms with van der Waals surface area (Å²) in [5, 5.41) is 0.139. The average Bonchev–Trinajstić information content (AvgIpc) is 2.36. The zero-order valence-corrected chi connectivity index (χ0v) is 10.1. The normalized spacial score (nSPS) is 22.4. The molecule has 0 aromatic heterocycles. The van der Waals surface area contributed by atoms with Gasteiger partial charge < -0.3 is 15.2 Å². The summed E-state index contributed by atoms with van der Waals surface area (Å²) in [7, 11) is 0. The minimum absolute atomic E-state index is 0.139. The highest BCUT2D eigenvalue weighted by atomic mass is 35.5. The van der Waals surface area contributed by atoms with Crippen molar-refractivity contribution in [1.29, 1.82) is 0 Å². The number of hydrogen-bond donors (Lipinski definition) is 1. The number of halogens is 2. The standard InChI is InChI=1S/C12H15ClFNO2/c13-12-8(2-1-3-9(12)14)6-10(15)11-7-16-4-5-17-11/h1-3,10-11H,4-7,15H2. The van der Waals surface area contributed by atoms with Gasteiger partial charge in [-0.15, -0.1) is 0 Å². The molecule has 0 spiro atoms. The Morgan fingerprint density at radius 3 is 3.00 bits per heavy atom. The van der Waals surface area contributed by atoms with Crippen molar-refractivity contribution in [1.82, 2.24) is 0 Å². The highest BCUT2D eigenvalue weighted by Crippen LogP contribution is 2.21. The van der Waals surface area contributed by atoms with E-state index < -0.39 is 5.82 Å². The molecular formula is C12H15ClFNO2. The molecule has 2 atom stereocenters. The van der Waals surface area contributed by atoms with Crippen molar-refractivity contribution in [3.05, 3.63) is 34.6 Å². The maximum absolute atomic E-state index is 13.2. The molecular weight excluding hydrogens is 245 g/mol. The molecule has 0 saturated carbocycles. The van der Waals surface area contributed by atoms with Gasteiger partial charge in [0.1, 0.15) is 5.82 Å². The van der Waals surface area contributed by atoms with Gasteiger partial charge in [0, 0.05) is 6.04 Å². The van der Waals surface area contributed by atoms with Gasteiger partial charge in [-0.25, -0.2) is 4.39 Å². The Bertz CT molecular complexity index is 383. The lowest BCUT2D eigenvalue weighted by Gasteiger charge is -2.28. The van der Waals surface area contributed by atoms with Gasteiger partial charge in [-0.1, -0.05) is 23.7 Å². The third kappa shape index (κ3) is 3.16. The maximum atomic E-state index is 13.2. The van der Waals surface area contributed by atoms with E-state index in [-0.39, 0.29) is 17.2 Å². The number of ether oxygens (including phenoxy) is 2. The van der Waals surface area contributed by atoms with E-state index in [9.17, 15) is 4.39 Å². The van der Waals surface area contributed by atoms with Crippen LogP contribution in [0.5, 0.6) is 0 Å². The molecule has 2 unspecified atom stereocenters. The Morgan fingerprint density at radius 1 is 1.47 bits per heavy atom. The predicted octanol–water partition coefficient (Wildman–Crippen LogP) is 1.76. The van der Waals surface area contributed by atoms with E-state index in [2.05, 4.69) is 0 Å². The van der Waals surface area contributed by atoms with E-state index in [4.69, 9.17) is 26.8 Å². The minimum Gasteiger partial charge on any atom is -0.376 e. The highest BCUT2D eigenvalue weighted by molar-refractivity contribution is 6.31. The third-order valence-electron chi connectivity index (χ3n) is 2.81.